The van der Waals surface area contributed by atoms with Gasteiger partial charge in [-0.1, -0.05) is 36.4 Å². The van der Waals surface area contributed by atoms with E-state index in [9.17, 15) is 13.2 Å². The fourth-order valence-corrected chi connectivity index (χ4v) is 7.93. The molecule has 1 amide bonds. The third-order valence-electron chi connectivity index (χ3n) is 6.22. The minimum absolute atomic E-state index is 0.0832. The summed E-state index contributed by atoms with van der Waals surface area (Å²) in [6, 6.07) is 22.7. The first kappa shape index (κ1) is 24.0. The van der Waals surface area contributed by atoms with Gasteiger partial charge in [0.25, 0.3) is 0 Å². The van der Waals surface area contributed by atoms with Gasteiger partial charge in [-0.3, -0.25) is 4.79 Å². The summed E-state index contributed by atoms with van der Waals surface area (Å²) in [5.41, 5.74) is 2.54. The van der Waals surface area contributed by atoms with Gasteiger partial charge in [-0.2, -0.15) is 4.31 Å². The van der Waals surface area contributed by atoms with Crippen molar-refractivity contribution in [2.24, 2.45) is 5.92 Å². The monoisotopic (exact) mass is 523 g/mol. The van der Waals surface area contributed by atoms with E-state index in [1.54, 1.807) is 23.5 Å². The van der Waals surface area contributed by atoms with Crippen LogP contribution in [0.5, 0.6) is 0 Å². The fourth-order valence-electron chi connectivity index (χ4n) is 4.33. The number of aromatic nitrogens is 1. The van der Waals surface area contributed by atoms with E-state index >= 15 is 0 Å². The van der Waals surface area contributed by atoms with E-state index < -0.39 is 10.0 Å². The highest BCUT2D eigenvalue weighted by molar-refractivity contribution is 7.99. The number of amides is 1. The molecule has 1 aliphatic heterocycles. The number of hydrogen-bond donors (Lipinski definition) is 1. The predicted octanol–water partition coefficient (Wildman–Crippen LogP) is 5.72. The number of para-hydroxylation sites is 2. The van der Waals surface area contributed by atoms with Gasteiger partial charge in [0.1, 0.15) is 5.01 Å². The number of rotatable bonds is 6. The van der Waals surface area contributed by atoms with Crippen LogP contribution >= 0.6 is 23.1 Å². The highest BCUT2D eigenvalue weighted by Gasteiger charge is 2.33. The Balaban J connectivity index is 1.29. The third-order valence-corrected chi connectivity index (χ3v) is 10.2. The molecule has 1 aliphatic rings. The van der Waals surface area contributed by atoms with Crippen LogP contribution in [-0.2, 0) is 14.8 Å². The molecule has 0 bridgehead atoms. The molecule has 9 heteroatoms. The number of nitrogens with one attached hydrogen (secondary N) is 1. The zero-order chi connectivity index (χ0) is 24.4. The van der Waals surface area contributed by atoms with E-state index in [0.717, 1.165) is 31.4 Å². The SMILES string of the molecule is CSc1ccccc1S(=O)(=O)N1CCC(C(=O)Nc2ccccc2-c2nc3ccccc3s2)CC1. The molecule has 0 radical (unpaired) electrons. The van der Waals surface area contributed by atoms with Crippen LogP contribution in [0.15, 0.2) is 82.6 Å². The van der Waals surface area contributed by atoms with Crippen LogP contribution in [0, 0.1) is 5.92 Å². The summed E-state index contributed by atoms with van der Waals surface area (Å²) >= 11 is 3.01. The van der Waals surface area contributed by atoms with Crippen molar-refractivity contribution < 1.29 is 13.2 Å². The molecular formula is C26H25N3O3S3. The van der Waals surface area contributed by atoms with Crippen molar-refractivity contribution in [2.45, 2.75) is 22.6 Å². The standard InChI is InChI=1S/C26H25N3O3S3/c1-33-23-12-6-7-13-24(23)35(31,32)29-16-14-18(15-17-29)25(30)27-20-9-3-2-8-19(20)26-28-21-10-4-5-11-22(21)34-26/h2-13,18H,14-17H2,1H3,(H,27,30). The topological polar surface area (TPSA) is 79.4 Å². The lowest BCUT2D eigenvalue weighted by Gasteiger charge is -2.31. The highest BCUT2D eigenvalue weighted by Crippen LogP contribution is 2.35. The maximum absolute atomic E-state index is 13.2. The third kappa shape index (κ3) is 4.86. The highest BCUT2D eigenvalue weighted by atomic mass is 32.2. The molecule has 1 aromatic heterocycles. The van der Waals surface area contributed by atoms with E-state index in [0.29, 0.717) is 30.8 Å². The Bertz CT molecular complexity index is 1440. The largest absolute Gasteiger partial charge is 0.325 e. The molecule has 5 rings (SSSR count). The summed E-state index contributed by atoms with van der Waals surface area (Å²) in [5.74, 6) is -0.333. The number of sulfonamides is 1. The molecule has 0 atom stereocenters. The number of nitrogens with zero attached hydrogens (tertiary/aromatic N) is 2. The van der Waals surface area contributed by atoms with E-state index in [1.807, 2.05) is 66.9 Å². The van der Waals surface area contributed by atoms with Gasteiger partial charge in [-0.15, -0.1) is 23.1 Å². The molecular weight excluding hydrogens is 499 g/mol. The first-order valence-corrected chi connectivity index (χ1v) is 14.8. The smallest absolute Gasteiger partial charge is 0.244 e. The number of piperidine rings is 1. The van der Waals surface area contributed by atoms with Crippen molar-refractivity contribution in [3.63, 3.8) is 0 Å². The van der Waals surface area contributed by atoms with Crippen molar-refractivity contribution in [1.82, 2.24) is 9.29 Å². The lowest BCUT2D eigenvalue weighted by atomic mass is 9.97. The number of thioether (sulfide) groups is 1. The summed E-state index contributed by atoms with van der Waals surface area (Å²) in [6.45, 7) is 0.644. The Morgan fingerprint density at radius 2 is 1.69 bits per heavy atom. The molecule has 1 fully saturated rings. The molecule has 1 saturated heterocycles. The van der Waals surface area contributed by atoms with Crippen LogP contribution in [0.4, 0.5) is 5.69 Å². The zero-order valence-electron chi connectivity index (χ0n) is 19.2. The lowest BCUT2D eigenvalue weighted by Crippen LogP contribution is -2.41. The predicted molar refractivity (Wildman–Crippen MR) is 143 cm³/mol. The van der Waals surface area contributed by atoms with Gasteiger partial charge in [0, 0.05) is 29.5 Å². The minimum atomic E-state index is -3.59. The second-order valence-corrected chi connectivity index (χ2v) is 12.1. The van der Waals surface area contributed by atoms with Crippen LogP contribution in [0.25, 0.3) is 20.8 Å². The average Bonchev–Trinajstić information content (AvgIpc) is 3.33. The average molecular weight is 524 g/mol. The normalized spacial score (nSPS) is 15.3. The molecule has 0 aliphatic carbocycles. The first-order valence-electron chi connectivity index (χ1n) is 11.4. The maximum Gasteiger partial charge on any atom is 0.244 e. The van der Waals surface area contributed by atoms with Gasteiger partial charge in [0.15, 0.2) is 0 Å². The van der Waals surface area contributed by atoms with Crippen molar-refractivity contribution in [2.75, 3.05) is 24.7 Å². The number of thiazole rings is 1. The summed E-state index contributed by atoms with van der Waals surface area (Å²) < 4.78 is 29.0. The quantitative estimate of drug-likeness (QED) is 0.327. The molecule has 2 heterocycles. The fraction of sp³-hybridized carbons (Fsp3) is 0.231. The van der Waals surface area contributed by atoms with Crippen LogP contribution in [0.3, 0.4) is 0 Å². The van der Waals surface area contributed by atoms with Gasteiger partial charge in [-0.05, 0) is 55.5 Å². The molecule has 1 N–H and O–H groups in total. The Hall–Kier alpha value is -2.72. The van der Waals surface area contributed by atoms with Gasteiger partial charge < -0.3 is 5.32 Å². The number of carbonyl (C=O) groups excluding carboxylic acids is 1. The van der Waals surface area contributed by atoms with Crippen molar-refractivity contribution in [3.8, 4) is 10.6 Å². The number of hydrogen-bond acceptors (Lipinski definition) is 6. The molecule has 3 aromatic carbocycles. The molecule has 35 heavy (non-hydrogen) atoms. The molecule has 6 nitrogen and oxygen atoms in total. The molecule has 0 saturated carbocycles. The Kier molecular flexibility index (Phi) is 6.93. The zero-order valence-corrected chi connectivity index (χ0v) is 21.6. The maximum atomic E-state index is 13.2. The van der Waals surface area contributed by atoms with Gasteiger partial charge >= 0.3 is 0 Å². The number of anilines is 1. The number of fused-ring (bicyclic) bond motifs is 1. The van der Waals surface area contributed by atoms with E-state index in [1.165, 1.54) is 16.1 Å². The second-order valence-electron chi connectivity index (χ2n) is 8.35. The Morgan fingerprint density at radius 1 is 1.00 bits per heavy atom. The van der Waals surface area contributed by atoms with Crippen molar-refractivity contribution >= 4 is 54.9 Å². The molecule has 180 valence electrons. The summed E-state index contributed by atoms with van der Waals surface area (Å²) in [5, 5.41) is 3.94. The molecule has 4 aromatic rings. The number of benzene rings is 3. The van der Waals surface area contributed by atoms with Crippen molar-refractivity contribution in [1.29, 1.82) is 0 Å². The summed E-state index contributed by atoms with van der Waals surface area (Å²) in [7, 11) is -3.59. The minimum Gasteiger partial charge on any atom is -0.325 e. The first-order chi connectivity index (χ1) is 17.0. The Morgan fingerprint density at radius 3 is 2.46 bits per heavy atom. The van der Waals surface area contributed by atoms with Crippen LogP contribution in [-0.4, -0.2) is 43.0 Å². The summed E-state index contributed by atoms with van der Waals surface area (Å²) in [4.78, 5) is 19.0. The van der Waals surface area contributed by atoms with E-state index in [4.69, 9.17) is 4.98 Å². The van der Waals surface area contributed by atoms with Gasteiger partial charge in [0.2, 0.25) is 15.9 Å². The molecule has 0 spiro atoms. The Labute approximate surface area is 213 Å². The van der Waals surface area contributed by atoms with Gasteiger partial charge in [0.05, 0.1) is 20.8 Å². The van der Waals surface area contributed by atoms with Crippen LogP contribution in [0.2, 0.25) is 0 Å². The lowest BCUT2D eigenvalue weighted by molar-refractivity contribution is -0.120. The second kappa shape index (κ2) is 10.1. The van der Waals surface area contributed by atoms with E-state index in [-0.39, 0.29) is 11.8 Å². The van der Waals surface area contributed by atoms with E-state index in [2.05, 4.69) is 5.32 Å². The van der Waals surface area contributed by atoms with Gasteiger partial charge in [-0.25, -0.2) is 13.4 Å². The van der Waals surface area contributed by atoms with Crippen molar-refractivity contribution in [3.05, 3.63) is 72.8 Å². The van der Waals surface area contributed by atoms with Crippen LogP contribution < -0.4 is 5.32 Å². The number of carbonyl (C=O) groups is 1. The molecule has 0 unspecified atom stereocenters. The summed E-state index contributed by atoms with van der Waals surface area (Å²) in [6.07, 6.45) is 2.84. The van der Waals surface area contributed by atoms with Crippen LogP contribution in [0.1, 0.15) is 12.8 Å².